The topological polar surface area (TPSA) is 77.8 Å². The zero-order valence-corrected chi connectivity index (χ0v) is 14.6. The van der Waals surface area contributed by atoms with E-state index in [0.29, 0.717) is 16.8 Å². The summed E-state index contributed by atoms with van der Waals surface area (Å²) in [7, 11) is 0. The molecule has 2 aromatic carbocycles. The first-order valence-electron chi connectivity index (χ1n) is 8.16. The van der Waals surface area contributed by atoms with Crippen LogP contribution in [0.1, 0.15) is 27.0 Å². The number of rotatable bonds is 4. The van der Waals surface area contributed by atoms with Gasteiger partial charge in [0.05, 0.1) is 29.1 Å². The number of nitrogens with one attached hydrogen (secondary N) is 2. The van der Waals surface area contributed by atoms with Gasteiger partial charge in [0, 0.05) is 17.6 Å². The van der Waals surface area contributed by atoms with Crippen LogP contribution in [-0.2, 0) is 0 Å². The highest BCUT2D eigenvalue weighted by Gasteiger charge is 2.09. The Morgan fingerprint density at radius 1 is 1.00 bits per heavy atom. The third kappa shape index (κ3) is 3.87. The maximum atomic E-state index is 12.5. The fourth-order valence-electron chi connectivity index (χ4n) is 2.66. The van der Waals surface area contributed by atoms with Gasteiger partial charge in [0.1, 0.15) is 0 Å². The smallest absolute Gasteiger partial charge is 0.257 e. The molecular formula is C21H18N4O. The number of nitrogens with zero attached hydrogens (tertiary/aromatic N) is 2. The molecule has 3 rings (SSSR count). The number of benzene rings is 2. The van der Waals surface area contributed by atoms with Gasteiger partial charge >= 0.3 is 0 Å². The molecular weight excluding hydrogens is 324 g/mol. The average Bonchev–Trinajstić information content (AvgIpc) is 2.65. The Kier molecular flexibility index (Phi) is 4.95. The average molecular weight is 342 g/mol. The Hall–Kier alpha value is -3.65. The molecule has 1 heterocycles. The van der Waals surface area contributed by atoms with Crippen LogP contribution in [0.25, 0.3) is 0 Å². The lowest BCUT2D eigenvalue weighted by Crippen LogP contribution is -2.12. The monoisotopic (exact) mass is 342 g/mol. The molecule has 128 valence electrons. The molecule has 5 nitrogen and oxygen atoms in total. The first-order valence-corrected chi connectivity index (χ1v) is 8.16. The Morgan fingerprint density at radius 3 is 2.46 bits per heavy atom. The maximum absolute atomic E-state index is 12.5. The summed E-state index contributed by atoms with van der Waals surface area (Å²) in [6, 6.07) is 16.7. The van der Waals surface area contributed by atoms with Gasteiger partial charge in [-0.2, -0.15) is 5.26 Å². The summed E-state index contributed by atoms with van der Waals surface area (Å²) < 4.78 is 0. The lowest BCUT2D eigenvalue weighted by Gasteiger charge is -2.13. The number of aromatic nitrogens is 1. The van der Waals surface area contributed by atoms with E-state index in [1.54, 1.807) is 36.5 Å². The minimum Gasteiger partial charge on any atom is -0.354 e. The van der Waals surface area contributed by atoms with Gasteiger partial charge in [0.15, 0.2) is 0 Å². The van der Waals surface area contributed by atoms with E-state index < -0.39 is 0 Å². The molecule has 0 unspecified atom stereocenters. The summed E-state index contributed by atoms with van der Waals surface area (Å²) >= 11 is 0. The van der Waals surface area contributed by atoms with Gasteiger partial charge in [-0.1, -0.05) is 24.3 Å². The van der Waals surface area contributed by atoms with Crippen molar-refractivity contribution in [3.63, 3.8) is 0 Å². The molecule has 0 radical (unpaired) electrons. The highest BCUT2D eigenvalue weighted by Crippen LogP contribution is 2.24. The van der Waals surface area contributed by atoms with Crippen LogP contribution < -0.4 is 10.6 Å². The number of pyridine rings is 1. The number of carbonyl (C=O) groups excluding carboxylic acids is 1. The first kappa shape index (κ1) is 17.2. The number of para-hydroxylation sites is 1. The van der Waals surface area contributed by atoms with E-state index in [1.807, 2.05) is 32.0 Å². The van der Waals surface area contributed by atoms with E-state index in [1.165, 1.54) is 6.20 Å². The number of anilines is 3. The number of hydrogen-bond donors (Lipinski definition) is 2. The zero-order chi connectivity index (χ0) is 18.5. The van der Waals surface area contributed by atoms with E-state index in [9.17, 15) is 4.79 Å². The van der Waals surface area contributed by atoms with Crippen LogP contribution in [0, 0.1) is 25.2 Å². The molecule has 0 aliphatic heterocycles. The van der Waals surface area contributed by atoms with Gasteiger partial charge in [0.25, 0.3) is 5.91 Å². The normalized spacial score (nSPS) is 10.0. The van der Waals surface area contributed by atoms with Gasteiger partial charge in [-0.05, 0) is 49.2 Å². The zero-order valence-electron chi connectivity index (χ0n) is 14.6. The standard InChI is InChI=1S/C21H18N4O/c1-14-5-3-6-15(2)20(14)24-19-10-17(12-23-13-19)21(26)25-18-8-4-7-16(9-18)11-22/h3-10,12-13,24H,1-2H3,(H,25,26). The molecule has 0 saturated heterocycles. The molecule has 2 N–H and O–H groups in total. The van der Waals surface area contributed by atoms with Crippen LogP contribution in [0.15, 0.2) is 60.9 Å². The van der Waals surface area contributed by atoms with Crippen LogP contribution in [0.5, 0.6) is 0 Å². The summed E-state index contributed by atoms with van der Waals surface area (Å²) in [6.07, 6.45) is 3.19. The van der Waals surface area contributed by atoms with Crippen molar-refractivity contribution in [1.82, 2.24) is 4.98 Å². The Labute approximate surface area is 152 Å². The summed E-state index contributed by atoms with van der Waals surface area (Å²) in [5.74, 6) is -0.280. The van der Waals surface area contributed by atoms with Crippen molar-refractivity contribution in [2.75, 3.05) is 10.6 Å². The SMILES string of the molecule is Cc1cccc(C)c1Nc1cncc(C(=O)Nc2cccc(C#N)c2)c1. The Morgan fingerprint density at radius 2 is 1.73 bits per heavy atom. The van der Waals surface area contributed by atoms with Crippen molar-refractivity contribution < 1.29 is 4.79 Å². The van der Waals surface area contributed by atoms with Crippen molar-refractivity contribution in [2.24, 2.45) is 0 Å². The molecule has 0 bridgehead atoms. The molecule has 3 aromatic rings. The first-order chi connectivity index (χ1) is 12.6. The van der Waals surface area contributed by atoms with Gasteiger partial charge in [0.2, 0.25) is 0 Å². The number of nitriles is 1. The lowest BCUT2D eigenvalue weighted by atomic mass is 10.1. The Bertz CT molecular complexity index is 985. The quantitative estimate of drug-likeness (QED) is 0.728. The van der Waals surface area contributed by atoms with Crippen molar-refractivity contribution >= 4 is 23.0 Å². The predicted molar refractivity (Wildman–Crippen MR) is 103 cm³/mol. The van der Waals surface area contributed by atoms with E-state index in [2.05, 4.69) is 21.7 Å². The molecule has 5 heteroatoms. The third-order valence-electron chi connectivity index (χ3n) is 4.00. The second-order valence-corrected chi connectivity index (χ2v) is 6.00. The Balaban J connectivity index is 1.80. The van der Waals surface area contributed by atoms with Gasteiger partial charge < -0.3 is 10.6 Å². The molecule has 0 spiro atoms. The van der Waals surface area contributed by atoms with Crippen LogP contribution in [0.3, 0.4) is 0 Å². The van der Waals surface area contributed by atoms with E-state index in [-0.39, 0.29) is 5.91 Å². The summed E-state index contributed by atoms with van der Waals surface area (Å²) in [5.41, 5.74) is 5.48. The second kappa shape index (κ2) is 7.49. The van der Waals surface area contributed by atoms with Crippen molar-refractivity contribution in [2.45, 2.75) is 13.8 Å². The molecule has 0 aliphatic rings. The molecule has 1 aromatic heterocycles. The highest BCUT2D eigenvalue weighted by atomic mass is 16.1. The predicted octanol–water partition coefficient (Wildman–Crippen LogP) is 4.57. The van der Waals surface area contributed by atoms with Crippen molar-refractivity contribution in [3.05, 3.63) is 83.2 Å². The lowest BCUT2D eigenvalue weighted by molar-refractivity contribution is 0.102. The van der Waals surface area contributed by atoms with Gasteiger partial charge in [-0.15, -0.1) is 0 Å². The van der Waals surface area contributed by atoms with E-state index in [0.717, 1.165) is 22.5 Å². The number of amides is 1. The fraction of sp³-hybridized carbons (Fsp3) is 0.0952. The van der Waals surface area contributed by atoms with Gasteiger partial charge in [-0.25, -0.2) is 0 Å². The number of aryl methyl sites for hydroxylation is 2. The van der Waals surface area contributed by atoms with Crippen molar-refractivity contribution in [3.8, 4) is 6.07 Å². The van der Waals surface area contributed by atoms with Crippen LogP contribution in [0.4, 0.5) is 17.1 Å². The molecule has 26 heavy (non-hydrogen) atoms. The summed E-state index contributed by atoms with van der Waals surface area (Å²) in [4.78, 5) is 16.7. The molecule has 0 saturated carbocycles. The van der Waals surface area contributed by atoms with Crippen LogP contribution in [0.2, 0.25) is 0 Å². The fourth-order valence-corrected chi connectivity index (χ4v) is 2.66. The van der Waals surface area contributed by atoms with E-state index in [4.69, 9.17) is 5.26 Å². The largest absolute Gasteiger partial charge is 0.354 e. The van der Waals surface area contributed by atoms with E-state index >= 15 is 0 Å². The molecule has 0 atom stereocenters. The van der Waals surface area contributed by atoms with Gasteiger partial charge in [-0.3, -0.25) is 9.78 Å². The van der Waals surface area contributed by atoms with Crippen LogP contribution >= 0.6 is 0 Å². The highest BCUT2D eigenvalue weighted by molar-refractivity contribution is 6.04. The maximum Gasteiger partial charge on any atom is 0.257 e. The molecule has 1 amide bonds. The van der Waals surface area contributed by atoms with Crippen molar-refractivity contribution in [1.29, 1.82) is 5.26 Å². The molecule has 0 aliphatic carbocycles. The second-order valence-electron chi connectivity index (χ2n) is 6.00. The minimum atomic E-state index is -0.280. The van der Waals surface area contributed by atoms with Crippen LogP contribution in [-0.4, -0.2) is 10.9 Å². The molecule has 0 fully saturated rings. The summed E-state index contributed by atoms with van der Waals surface area (Å²) in [6.45, 7) is 4.06. The third-order valence-corrected chi connectivity index (χ3v) is 4.00. The minimum absolute atomic E-state index is 0.280. The summed E-state index contributed by atoms with van der Waals surface area (Å²) in [5, 5.41) is 15.1. The number of hydrogen-bond acceptors (Lipinski definition) is 4. The number of carbonyl (C=O) groups is 1.